The van der Waals surface area contributed by atoms with E-state index in [1.54, 1.807) is 0 Å². The van der Waals surface area contributed by atoms with E-state index in [9.17, 15) is 0 Å². The summed E-state index contributed by atoms with van der Waals surface area (Å²) in [4.78, 5) is 8.59. The average molecular weight is 237 g/mol. The summed E-state index contributed by atoms with van der Waals surface area (Å²) in [7, 11) is 2.19. The van der Waals surface area contributed by atoms with Gasteiger partial charge in [-0.05, 0) is 32.4 Å². The molecule has 0 amide bonds. The predicted octanol–water partition coefficient (Wildman–Crippen LogP) is 1.63. The van der Waals surface area contributed by atoms with Gasteiger partial charge in [0.25, 0.3) is 0 Å². The molecular weight excluding hydrogens is 218 g/mol. The van der Waals surface area contributed by atoms with Crippen molar-refractivity contribution in [1.29, 1.82) is 0 Å². The van der Waals surface area contributed by atoms with Gasteiger partial charge in [-0.15, -0.1) is 11.3 Å². The lowest BCUT2D eigenvalue weighted by Crippen LogP contribution is -2.25. The molecule has 0 unspecified atom stereocenters. The normalized spacial score (nSPS) is 21.1. The number of nitrogens with zero attached hydrogens (tertiary/aromatic N) is 2. The molecule has 0 atom stereocenters. The van der Waals surface area contributed by atoms with Gasteiger partial charge in [0.15, 0.2) is 0 Å². The summed E-state index contributed by atoms with van der Waals surface area (Å²) in [5.74, 6) is 0.959. The van der Waals surface area contributed by atoms with Gasteiger partial charge in [-0.25, -0.2) is 4.98 Å². The molecular formula is C12H19N3S. The molecule has 0 aromatic carbocycles. The first-order chi connectivity index (χ1) is 7.81. The molecule has 1 aliphatic heterocycles. The third-order valence-corrected chi connectivity index (χ3v) is 4.45. The summed E-state index contributed by atoms with van der Waals surface area (Å²) in [5.41, 5.74) is 1.35. The van der Waals surface area contributed by atoms with Crippen LogP contribution in [0.25, 0.3) is 0 Å². The molecule has 1 N–H and O–H groups in total. The summed E-state index contributed by atoms with van der Waals surface area (Å²) >= 11 is 1.90. The Hall–Kier alpha value is -0.450. The molecule has 1 aliphatic carbocycles. The first kappa shape index (κ1) is 10.7. The zero-order chi connectivity index (χ0) is 11.0. The third kappa shape index (κ3) is 2.44. The summed E-state index contributed by atoms with van der Waals surface area (Å²) in [6.07, 6.45) is 3.98. The Balaban J connectivity index is 1.58. The summed E-state index contributed by atoms with van der Waals surface area (Å²) in [6.45, 7) is 4.41. The number of hydrogen-bond donors (Lipinski definition) is 1. The molecule has 0 radical (unpaired) electrons. The Bertz CT molecular complexity index is 370. The summed E-state index contributed by atoms with van der Waals surface area (Å²) in [5, 5.41) is 4.80. The smallest absolute Gasteiger partial charge is 0.107 e. The predicted molar refractivity (Wildman–Crippen MR) is 66.6 cm³/mol. The zero-order valence-electron chi connectivity index (χ0n) is 9.83. The van der Waals surface area contributed by atoms with Crippen molar-refractivity contribution in [2.45, 2.75) is 32.4 Å². The van der Waals surface area contributed by atoms with Crippen molar-refractivity contribution < 1.29 is 0 Å². The van der Waals surface area contributed by atoms with Gasteiger partial charge in [0, 0.05) is 30.9 Å². The number of nitrogens with one attached hydrogen (secondary N) is 1. The molecule has 2 aliphatic rings. The van der Waals surface area contributed by atoms with Crippen molar-refractivity contribution in [2.75, 3.05) is 20.1 Å². The largest absolute Gasteiger partial charge is 0.310 e. The number of thiazole rings is 1. The molecule has 1 saturated carbocycles. The van der Waals surface area contributed by atoms with E-state index in [1.807, 2.05) is 11.3 Å². The zero-order valence-corrected chi connectivity index (χ0v) is 10.6. The first-order valence-corrected chi connectivity index (χ1v) is 6.99. The quantitative estimate of drug-likeness (QED) is 0.863. The first-order valence-electron chi connectivity index (χ1n) is 6.18. The van der Waals surface area contributed by atoms with Crippen molar-refractivity contribution in [3.63, 3.8) is 0 Å². The monoisotopic (exact) mass is 237 g/mol. The lowest BCUT2D eigenvalue weighted by Gasteiger charge is -2.20. The minimum atomic E-state index is 0.959. The molecule has 1 fully saturated rings. The van der Waals surface area contributed by atoms with Crippen LogP contribution in [0.15, 0.2) is 0 Å². The minimum absolute atomic E-state index is 0.959. The molecule has 88 valence electrons. The van der Waals surface area contributed by atoms with Crippen LogP contribution < -0.4 is 5.32 Å². The number of hydrogen-bond acceptors (Lipinski definition) is 4. The van der Waals surface area contributed by atoms with Gasteiger partial charge in [-0.1, -0.05) is 0 Å². The number of fused-ring (bicyclic) bond motifs is 1. The highest BCUT2D eigenvalue weighted by Gasteiger charge is 2.21. The van der Waals surface area contributed by atoms with Crippen molar-refractivity contribution >= 4 is 11.3 Å². The van der Waals surface area contributed by atoms with E-state index in [0.717, 1.165) is 32.0 Å². The van der Waals surface area contributed by atoms with Crippen LogP contribution in [0.2, 0.25) is 0 Å². The molecule has 0 bridgehead atoms. The van der Waals surface area contributed by atoms with E-state index in [4.69, 9.17) is 4.98 Å². The highest BCUT2D eigenvalue weighted by Crippen LogP contribution is 2.28. The molecule has 4 heteroatoms. The average Bonchev–Trinajstić information content (AvgIpc) is 2.98. The Kier molecular flexibility index (Phi) is 2.96. The molecule has 0 spiro atoms. The molecule has 0 saturated heterocycles. The summed E-state index contributed by atoms with van der Waals surface area (Å²) < 4.78 is 0. The van der Waals surface area contributed by atoms with Crippen LogP contribution in [-0.4, -0.2) is 30.0 Å². The fourth-order valence-corrected chi connectivity index (χ4v) is 3.32. The summed E-state index contributed by atoms with van der Waals surface area (Å²) in [6, 6.07) is 0. The van der Waals surface area contributed by atoms with E-state index in [2.05, 4.69) is 17.3 Å². The van der Waals surface area contributed by atoms with Gasteiger partial charge in [0.05, 0.1) is 5.69 Å². The highest BCUT2D eigenvalue weighted by atomic mass is 32.1. The van der Waals surface area contributed by atoms with E-state index in [-0.39, 0.29) is 0 Å². The van der Waals surface area contributed by atoms with Crippen molar-refractivity contribution in [3.8, 4) is 0 Å². The topological polar surface area (TPSA) is 28.2 Å². The van der Waals surface area contributed by atoms with Crippen LogP contribution in [0, 0.1) is 5.92 Å². The van der Waals surface area contributed by atoms with Crippen LogP contribution >= 0.6 is 11.3 Å². The number of rotatable bonds is 4. The van der Waals surface area contributed by atoms with E-state index in [0.29, 0.717) is 0 Å². The maximum Gasteiger partial charge on any atom is 0.107 e. The van der Waals surface area contributed by atoms with Crippen molar-refractivity contribution in [3.05, 3.63) is 15.6 Å². The Morgan fingerprint density at radius 1 is 1.50 bits per heavy atom. The van der Waals surface area contributed by atoms with Crippen LogP contribution in [-0.2, 0) is 19.5 Å². The van der Waals surface area contributed by atoms with Gasteiger partial charge >= 0.3 is 0 Å². The van der Waals surface area contributed by atoms with E-state index < -0.39 is 0 Å². The minimum Gasteiger partial charge on any atom is -0.310 e. The van der Waals surface area contributed by atoms with Crippen LogP contribution in [0.1, 0.15) is 28.4 Å². The van der Waals surface area contributed by atoms with Gasteiger partial charge in [-0.3, -0.25) is 0 Å². The second-order valence-corrected chi connectivity index (χ2v) is 6.21. The van der Waals surface area contributed by atoms with Crippen LogP contribution in [0.4, 0.5) is 0 Å². The fourth-order valence-electron chi connectivity index (χ4n) is 2.16. The second kappa shape index (κ2) is 4.43. The van der Waals surface area contributed by atoms with Gasteiger partial charge in [-0.2, -0.15) is 0 Å². The molecule has 2 heterocycles. The van der Waals surface area contributed by atoms with Crippen LogP contribution in [0.3, 0.4) is 0 Å². The van der Waals surface area contributed by atoms with E-state index in [1.165, 1.54) is 35.0 Å². The maximum absolute atomic E-state index is 4.73. The molecule has 16 heavy (non-hydrogen) atoms. The number of aromatic nitrogens is 1. The maximum atomic E-state index is 4.73. The third-order valence-electron chi connectivity index (χ3n) is 3.37. The highest BCUT2D eigenvalue weighted by molar-refractivity contribution is 7.11. The van der Waals surface area contributed by atoms with E-state index >= 15 is 0 Å². The van der Waals surface area contributed by atoms with Gasteiger partial charge in [0.2, 0.25) is 0 Å². The second-order valence-electron chi connectivity index (χ2n) is 5.04. The Morgan fingerprint density at radius 3 is 3.19 bits per heavy atom. The molecule has 3 nitrogen and oxygen atoms in total. The lowest BCUT2D eigenvalue weighted by atomic mass is 10.2. The van der Waals surface area contributed by atoms with Crippen molar-refractivity contribution in [1.82, 2.24) is 15.2 Å². The Morgan fingerprint density at radius 2 is 2.38 bits per heavy atom. The molecule has 1 aromatic heterocycles. The SMILES string of the molecule is CN1CCc2nc(CNCC3CC3)sc2C1. The molecule has 1 aromatic rings. The van der Waals surface area contributed by atoms with Crippen molar-refractivity contribution in [2.24, 2.45) is 5.92 Å². The van der Waals surface area contributed by atoms with Gasteiger partial charge in [0.1, 0.15) is 5.01 Å². The number of likely N-dealkylation sites (N-methyl/N-ethyl adjacent to an activating group) is 1. The van der Waals surface area contributed by atoms with Gasteiger partial charge < -0.3 is 10.2 Å². The Labute approximate surface area is 101 Å². The lowest BCUT2D eigenvalue weighted by molar-refractivity contribution is 0.314. The standard InChI is InChI=1S/C12H19N3S/c1-15-5-4-10-11(8-15)16-12(14-10)7-13-6-9-2-3-9/h9,13H,2-8H2,1H3. The van der Waals surface area contributed by atoms with Crippen LogP contribution in [0.5, 0.6) is 0 Å². The molecule has 3 rings (SSSR count). The fraction of sp³-hybridized carbons (Fsp3) is 0.750.